The van der Waals surface area contributed by atoms with Gasteiger partial charge in [0.1, 0.15) is 17.3 Å². The summed E-state index contributed by atoms with van der Waals surface area (Å²) in [6.45, 7) is 3.62. The third kappa shape index (κ3) is 2.99. The van der Waals surface area contributed by atoms with E-state index in [-0.39, 0.29) is 12.2 Å². The Balaban J connectivity index is 2.27. The van der Waals surface area contributed by atoms with E-state index in [1.807, 2.05) is 11.8 Å². The second-order valence-corrected chi connectivity index (χ2v) is 5.00. The van der Waals surface area contributed by atoms with Gasteiger partial charge in [-0.05, 0) is 42.9 Å². The van der Waals surface area contributed by atoms with E-state index in [2.05, 4.69) is 0 Å². The monoisotopic (exact) mass is 254 g/mol. The molecule has 0 saturated heterocycles. The first-order chi connectivity index (χ1) is 8.65. The first-order valence-corrected chi connectivity index (χ1v) is 6.58. The number of anilines is 1. The average Bonchev–Trinajstić information content (AvgIpc) is 3.12. The molecular formula is C14H20F2N2. The minimum Gasteiger partial charge on any atom is -0.367 e. The van der Waals surface area contributed by atoms with E-state index in [9.17, 15) is 8.78 Å². The van der Waals surface area contributed by atoms with Crippen LogP contribution in [0.3, 0.4) is 0 Å². The highest BCUT2D eigenvalue weighted by Gasteiger charge is 2.26. The van der Waals surface area contributed by atoms with E-state index < -0.39 is 11.6 Å². The smallest absolute Gasteiger partial charge is 0.149 e. The Labute approximate surface area is 107 Å². The Bertz CT molecular complexity index is 393. The van der Waals surface area contributed by atoms with Crippen LogP contribution < -0.4 is 10.6 Å². The zero-order chi connectivity index (χ0) is 13.1. The number of benzene rings is 1. The minimum absolute atomic E-state index is 0.112. The summed E-state index contributed by atoms with van der Waals surface area (Å²) in [6, 6.07) is 2.68. The van der Waals surface area contributed by atoms with Crippen molar-refractivity contribution >= 4 is 5.69 Å². The van der Waals surface area contributed by atoms with Crippen LogP contribution in [-0.4, -0.2) is 13.1 Å². The lowest BCUT2D eigenvalue weighted by Crippen LogP contribution is -2.28. The van der Waals surface area contributed by atoms with Gasteiger partial charge in [0, 0.05) is 19.6 Å². The highest BCUT2D eigenvalue weighted by atomic mass is 19.1. The van der Waals surface area contributed by atoms with Crippen LogP contribution in [0.15, 0.2) is 12.1 Å². The van der Waals surface area contributed by atoms with Gasteiger partial charge in [0.05, 0.1) is 0 Å². The van der Waals surface area contributed by atoms with E-state index >= 15 is 0 Å². The summed E-state index contributed by atoms with van der Waals surface area (Å²) in [7, 11) is 0. The second-order valence-electron chi connectivity index (χ2n) is 5.00. The molecule has 1 saturated carbocycles. The van der Waals surface area contributed by atoms with E-state index in [1.165, 1.54) is 25.0 Å². The summed E-state index contributed by atoms with van der Waals surface area (Å²) in [5.74, 6) is -0.390. The Morgan fingerprint density at radius 3 is 2.33 bits per heavy atom. The zero-order valence-corrected chi connectivity index (χ0v) is 10.8. The summed E-state index contributed by atoms with van der Waals surface area (Å²) in [4.78, 5) is 1.84. The van der Waals surface area contributed by atoms with Crippen molar-refractivity contribution < 1.29 is 8.78 Å². The molecule has 1 aromatic carbocycles. The maximum Gasteiger partial charge on any atom is 0.149 e. The van der Waals surface area contributed by atoms with Crippen molar-refractivity contribution in [3.8, 4) is 0 Å². The van der Waals surface area contributed by atoms with Crippen molar-refractivity contribution in [2.75, 3.05) is 18.0 Å². The molecule has 0 spiro atoms. The summed E-state index contributed by atoms with van der Waals surface area (Å²) in [6.07, 6.45) is 3.22. The third-order valence-corrected chi connectivity index (χ3v) is 3.30. The molecule has 2 N–H and O–H groups in total. The predicted octanol–water partition coefficient (Wildman–Crippen LogP) is 3.05. The van der Waals surface area contributed by atoms with Crippen molar-refractivity contribution in [1.29, 1.82) is 0 Å². The van der Waals surface area contributed by atoms with Crippen molar-refractivity contribution in [2.24, 2.45) is 11.7 Å². The summed E-state index contributed by atoms with van der Waals surface area (Å²) in [5, 5.41) is 0. The maximum atomic E-state index is 14.0. The molecule has 1 aliphatic rings. The second kappa shape index (κ2) is 5.65. The predicted molar refractivity (Wildman–Crippen MR) is 69.5 cm³/mol. The van der Waals surface area contributed by atoms with Crippen molar-refractivity contribution in [3.63, 3.8) is 0 Å². The molecule has 2 rings (SSSR count). The molecule has 0 bridgehead atoms. The lowest BCUT2D eigenvalue weighted by atomic mass is 10.1. The highest BCUT2D eigenvalue weighted by molar-refractivity contribution is 5.51. The maximum absolute atomic E-state index is 14.0. The Kier molecular flexibility index (Phi) is 4.17. The highest BCUT2D eigenvalue weighted by Crippen LogP contribution is 2.33. The van der Waals surface area contributed by atoms with E-state index in [4.69, 9.17) is 5.73 Å². The molecule has 0 amide bonds. The van der Waals surface area contributed by atoms with Gasteiger partial charge in [-0.3, -0.25) is 0 Å². The van der Waals surface area contributed by atoms with Crippen LogP contribution in [-0.2, 0) is 6.54 Å². The van der Waals surface area contributed by atoms with Crippen LogP contribution >= 0.6 is 0 Å². The molecule has 100 valence electrons. The van der Waals surface area contributed by atoms with Gasteiger partial charge in [0.2, 0.25) is 0 Å². The quantitative estimate of drug-likeness (QED) is 0.845. The fraction of sp³-hybridized carbons (Fsp3) is 0.571. The minimum atomic E-state index is -0.496. The molecule has 18 heavy (non-hydrogen) atoms. The van der Waals surface area contributed by atoms with Crippen LogP contribution in [0, 0.1) is 17.6 Å². The van der Waals surface area contributed by atoms with Gasteiger partial charge in [-0.2, -0.15) is 0 Å². The largest absolute Gasteiger partial charge is 0.367 e. The molecule has 1 fully saturated rings. The summed E-state index contributed by atoms with van der Waals surface area (Å²) in [5.41, 5.74) is 6.03. The number of nitrogens with two attached hydrogens (primary N) is 1. The molecule has 0 radical (unpaired) electrons. The average molecular weight is 254 g/mol. The number of nitrogens with zero attached hydrogens (tertiary/aromatic N) is 1. The normalized spacial score (nSPS) is 14.9. The van der Waals surface area contributed by atoms with Crippen LogP contribution in [0.1, 0.15) is 31.7 Å². The van der Waals surface area contributed by atoms with Gasteiger partial charge in [0.25, 0.3) is 0 Å². The molecule has 0 unspecified atom stereocenters. The molecule has 1 aromatic rings. The Hall–Kier alpha value is -1.16. The van der Waals surface area contributed by atoms with Gasteiger partial charge in [0.15, 0.2) is 0 Å². The molecule has 0 heterocycles. The Morgan fingerprint density at radius 2 is 1.89 bits per heavy atom. The lowest BCUT2D eigenvalue weighted by molar-refractivity contribution is 0.560. The van der Waals surface area contributed by atoms with E-state index in [1.54, 1.807) is 0 Å². The number of hydrogen-bond acceptors (Lipinski definition) is 2. The fourth-order valence-electron chi connectivity index (χ4n) is 2.21. The first-order valence-electron chi connectivity index (χ1n) is 6.58. The van der Waals surface area contributed by atoms with Crippen molar-refractivity contribution in [2.45, 2.75) is 32.7 Å². The fourth-order valence-corrected chi connectivity index (χ4v) is 2.21. The van der Waals surface area contributed by atoms with E-state index in [0.29, 0.717) is 18.0 Å². The molecule has 2 nitrogen and oxygen atoms in total. The molecule has 4 heteroatoms. The topological polar surface area (TPSA) is 29.3 Å². The third-order valence-electron chi connectivity index (χ3n) is 3.30. The standard InChI is InChI=1S/C14H20F2N2/c1-2-5-18(9-10-3-4-10)14-12(15)6-11(8-17)7-13(14)16/h6-7,10H,2-5,8-9,17H2,1H3. The zero-order valence-electron chi connectivity index (χ0n) is 10.8. The molecule has 1 aliphatic carbocycles. The summed E-state index contributed by atoms with van der Waals surface area (Å²) < 4.78 is 28.0. The molecule has 0 aliphatic heterocycles. The van der Waals surface area contributed by atoms with Crippen LogP contribution in [0.2, 0.25) is 0 Å². The molecule has 0 aromatic heterocycles. The lowest BCUT2D eigenvalue weighted by Gasteiger charge is -2.25. The number of rotatable bonds is 6. The Morgan fingerprint density at radius 1 is 1.28 bits per heavy atom. The van der Waals surface area contributed by atoms with Crippen LogP contribution in [0.4, 0.5) is 14.5 Å². The van der Waals surface area contributed by atoms with Gasteiger partial charge in [-0.15, -0.1) is 0 Å². The number of hydrogen-bond donors (Lipinski definition) is 1. The molecule has 0 atom stereocenters. The first kappa shape index (κ1) is 13.3. The van der Waals surface area contributed by atoms with Crippen LogP contribution in [0.5, 0.6) is 0 Å². The van der Waals surface area contributed by atoms with Gasteiger partial charge >= 0.3 is 0 Å². The van der Waals surface area contributed by atoms with Gasteiger partial charge < -0.3 is 10.6 Å². The van der Waals surface area contributed by atoms with E-state index in [0.717, 1.165) is 13.0 Å². The van der Waals surface area contributed by atoms with Gasteiger partial charge in [-0.25, -0.2) is 8.78 Å². The summed E-state index contributed by atoms with van der Waals surface area (Å²) >= 11 is 0. The van der Waals surface area contributed by atoms with Crippen LogP contribution in [0.25, 0.3) is 0 Å². The molecular weight excluding hydrogens is 234 g/mol. The van der Waals surface area contributed by atoms with Crippen molar-refractivity contribution in [1.82, 2.24) is 0 Å². The SMILES string of the molecule is CCCN(CC1CC1)c1c(F)cc(CN)cc1F. The van der Waals surface area contributed by atoms with Gasteiger partial charge in [-0.1, -0.05) is 6.92 Å². The number of halogens is 2. The van der Waals surface area contributed by atoms with Crippen molar-refractivity contribution in [3.05, 3.63) is 29.3 Å².